The molecule has 0 saturated heterocycles. The molecule has 2 rings (SSSR count). The highest BCUT2D eigenvalue weighted by atomic mass is 16.5. The van der Waals surface area contributed by atoms with Gasteiger partial charge >= 0.3 is 6.03 Å². The minimum Gasteiger partial charge on any atom is -0.493 e. The zero-order valence-electron chi connectivity index (χ0n) is 12.4. The van der Waals surface area contributed by atoms with Crippen LogP contribution in [0.5, 0.6) is 11.5 Å². The molecule has 0 atom stereocenters. The van der Waals surface area contributed by atoms with E-state index < -0.39 is 5.54 Å². The molecule has 0 unspecified atom stereocenters. The molecule has 0 bridgehead atoms. The molecule has 0 radical (unpaired) electrons. The summed E-state index contributed by atoms with van der Waals surface area (Å²) < 4.78 is 10.5. The van der Waals surface area contributed by atoms with E-state index in [2.05, 4.69) is 10.6 Å². The molecule has 1 fully saturated rings. The van der Waals surface area contributed by atoms with Gasteiger partial charge in [-0.3, -0.25) is 0 Å². The van der Waals surface area contributed by atoms with Gasteiger partial charge in [-0.05, 0) is 44.4 Å². The number of urea groups is 1. The summed E-state index contributed by atoms with van der Waals surface area (Å²) in [5.74, 6) is 1.33. The van der Waals surface area contributed by atoms with Crippen LogP contribution in [0.25, 0.3) is 0 Å². The van der Waals surface area contributed by atoms with E-state index in [1.807, 2.05) is 32.0 Å². The Balaban J connectivity index is 2.12. The van der Waals surface area contributed by atoms with E-state index in [4.69, 9.17) is 9.47 Å². The average Bonchev–Trinajstić information content (AvgIpc) is 3.20. The van der Waals surface area contributed by atoms with Crippen molar-refractivity contribution in [1.29, 1.82) is 0 Å². The maximum absolute atomic E-state index is 11.9. The Morgan fingerprint density at radius 1 is 1.20 bits per heavy atom. The molecule has 0 aliphatic heterocycles. The fourth-order valence-electron chi connectivity index (χ4n) is 2.03. The number of rotatable bonds is 5. The first-order chi connectivity index (χ1) is 9.46. The molecule has 20 heavy (non-hydrogen) atoms. The van der Waals surface area contributed by atoms with E-state index in [1.165, 1.54) is 0 Å². The summed E-state index contributed by atoms with van der Waals surface area (Å²) in [6, 6.07) is 5.87. The van der Waals surface area contributed by atoms with Crippen molar-refractivity contribution in [3.8, 4) is 11.5 Å². The Labute approximate surface area is 119 Å². The summed E-state index contributed by atoms with van der Waals surface area (Å²) >= 11 is 0. The summed E-state index contributed by atoms with van der Waals surface area (Å²) in [5, 5.41) is 5.91. The predicted octanol–water partition coefficient (Wildman–Crippen LogP) is 2.40. The van der Waals surface area contributed by atoms with Gasteiger partial charge < -0.3 is 20.1 Å². The van der Waals surface area contributed by atoms with E-state index in [9.17, 15) is 4.79 Å². The normalized spacial score (nSPS) is 14.6. The second-order valence-electron chi connectivity index (χ2n) is 5.57. The van der Waals surface area contributed by atoms with Crippen molar-refractivity contribution in [1.82, 2.24) is 10.6 Å². The Morgan fingerprint density at radius 3 is 2.40 bits per heavy atom. The lowest BCUT2D eigenvalue weighted by molar-refractivity contribution is 0.229. The topological polar surface area (TPSA) is 59.6 Å². The van der Waals surface area contributed by atoms with Gasteiger partial charge in [0.2, 0.25) is 0 Å². The third-order valence-corrected chi connectivity index (χ3v) is 3.44. The predicted molar refractivity (Wildman–Crippen MR) is 77.3 cm³/mol. The van der Waals surface area contributed by atoms with Crippen LogP contribution >= 0.6 is 0 Å². The number of benzene rings is 1. The SMILES string of the molecule is COc1ccc(C(C)(C)NC(=O)NC2CC2)cc1OC. The number of hydrogen-bond acceptors (Lipinski definition) is 3. The molecule has 2 N–H and O–H groups in total. The molecular formula is C15H22N2O3. The van der Waals surface area contributed by atoms with Gasteiger partial charge in [-0.15, -0.1) is 0 Å². The molecule has 1 saturated carbocycles. The second kappa shape index (κ2) is 5.61. The zero-order chi connectivity index (χ0) is 14.8. The molecule has 0 spiro atoms. The lowest BCUT2D eigenvalue weighted by atomic mass is 9.94. The summed E-state index contributed by atoms with van der Waals surface area (Å²) in [4.78, 5) is 11.9. The van der Waals surface area contributed by atoms with Crippen molar-refractivity contribution < 1.29 is 14.3 Å². The molecule has 110 valence electrons. The van der Waals surface area contributed by atoms with Crippen LogP contribution in [-0.4, -0.2) is 26.3 Å². The quantitative estimate of drug-likeness (QED) is 0.869. The number of carbonyl (C=O) groups excluding carboxylic acids is 1. The summed E-state index contributed by atoms with van der Waals surface area (Å²) in [6.07, 6.45) is 2.15. The number of amides is 2. The minimum atomic E-state index is -0.488. The van der Waals surface area contributed by atoms with Gasteiger partial charge in [0.05, 0.1) is 19.8 Å². The van der Waals surface area contributed by atoms with Crippen molar-refractivity contribution in [2.75, 3.05) is 14.2 Å². The van der Waals surface area contributed by atoms with E-state index in [1.54, 1.807) is 14.2 Å². The molecule has 1 aromatic rings. The van der Waals surface area contributed by atoms with E-state index in [0.29, 0.717) is 17.5 Å². The highest BCUT2D eigenvalue weighted by Gasteiger charge is 2.28. The van der Waals surface area contributed by atoms with Crippen molar-refractivity contribution >= 4 is 6.03 Å². The maximum atomic E-state index is 11.9. The number of hydrogen-bond donors (Lipinski definition) is 2. The van der Waals surface area contributed by atoms with Crippen LogP contribution in [-0.2, 0) is 5.54 Å². The Hall–Kier alpha value is -1.91. The summed E-state index contributed by atoms with van der Waals surface area (Å²) in [5.41, 5.74) is 0.472. The molecule has 2 amide bonds. The van der Waals surface area contributed by atoms with Gasteiger partial charge in [0.15, 0.2) is 11.5 Å². The largest absolute Gasteiger partial charge is 0.493 e. The monoisotopic (exact) mass is 278 g/mol. The van der Waals surface area contributed by atoms with Crippen LogP contribution < -0.4 is 20.1 Å². The van der Waals surface area contributed by atoms with E-state index in [0.717, 1.165) is 18.4 Å². The highest BCUT2D eigenvalue weighted by Crippen LogP contribution is 2.32. The fraction of sp³-hybridized carbons (Fsp3) is 0.533. The fourth-order valence-corrected chi connectivity index (χ4v) is 2.03. The summed E-state index contributed by atoms with van der Waals surface area (Å²) in [7, 11) is 3.20. The zero-order valence-corrected chi connectivity index (χ0v) is 12.4. The smallest absolute Gasteiger partial charge is 0.315 e. The first-order valence-electron chi connectivity index (χ1n) is 6.77. The maximum Gasteiger partial charge on any atom is 0.315 e. The van der Waals surface area contributed by atoms with Gasteiger partial charge in [0.1, 0.15) is 0 Å². The minimum absolute atomic E-state index is 0.132. The molecular weight excluding hydrogens is 256 g/mol. The third kappa shape index (κ3) is 3.35. The van der Waals surface area contributed by atoms with Crippen molar-refractivity contribution in [3.05, 3.63) is 23.8 Å². The molecule has 5 nitrogen and oxygen atoms in total. The third-order valence-electron chi connectivity index (χ3n) is 3.44. The lowest BCUT2D eigenvalue weighted by Crippen LogP contribution is -2.47. The van der Waals surface area contributed by atoms with Crippen LogP contribution in [0.4, 0.5) is 4.79 Å². The van der Waals surface area contributed by atoms with Gasteiger partial charge in [-0.1, -0.05) is 6.07 Å². The number of nitrogens with one attached hydrogen (secondary N) is 2. The van der Waals surface area contributed by atoms with Gasteiger partial charge in [0, 0.05) is 6.04 Å². The van der Waals surface area contributed by atoms with Crippen LogP contribution in [0.2, 0.25) is 0 Å². The Bertz CT molecular complexity index is 496. The van der Waals surface area contributed by atoms with Gasteiger partial charge in [-0.25, -0.2) is 4.79 Å². The number of ether oxygens (including phenoxy) is 2. The molecule has 0 aromatic heterocycles. The van der Waals surface area contributed by atoms with Crippen molar-refractivity contribution in [2.24, 2.45) is 0 Å². The van der Waals surface area contributed by atoms with Crippen molar-refractivity contribution in [3.63, 3.8) is 0 Å². The van der Waals surface area contributed by atoms with Crippen LogP contribution in [0.15, 0.2) is 18.2 Å². The molecule has 5 heteroatoms. The Kier molecular flexibility index (Phi) is 4.06. The van der Waals surface area contributed by atoms with Crippen LogP contribution in [0.3, 0.4) is 0 Å². The number of methoxy groups -OCH3 is 2. The van der Waals surface area contributed by atoms with Crippen LogP contribution in [0.1, 0.15) is 32.3 Å². The Morgan fingerprint density at radius 2 is 1.85 bits per heavy atom. The lowest BCUT2D eigenvalue weighted by Gasteiger charge is -2.27. The molecule has 1 aromatic carbocycles. The second-order valence-corrected chi connectivity index (χ2v) is 5.57. The number of carbonyl (C=O) groups is 1. The first kappa shape index (κ1) is 14.5. The average molecular weight is 278 g/mol. The van der Waals surface area contributed by atoms with Crippen LogP contribution in [0, 0.1) is 0 Å². The molecule has 1 aliphatic rings. The van der Waals surface area contributed by atoms with Crippen molar-refractivity contribution in [2.45, 2.75) is 38.3 Å². The summed E-state index contributed by atoms with van der Waals surface area (Å²) in [6.45, 7) is 3.92. The van der Waals surface area contributed by atoms with Gasteiger partial charge in [-0.2, -0.15) is 0 Å². The van der Waals surface area contributed by atoms with E-state index >= 15 is 0 Å². The first-order valence-corrected chi connectivity index (χ1v) is 6.77. The standard InChI is InChI=1S/C15H22N2O3/c1-15(2,17-14(18)16-11-6-7-11)10-5-8-12(19-3)13(9-10)20-4/h5,8-9,11H,6-7H2,1-4H3,(H2,16,17,18). The molecule has 0 heterocycles. The van der Waals surface area contributed by atoms with Gasteiger partial charge in [0.25, 0.3) is 0 Å². The molecule has 1 aliphatic carbocycles. The van der Waals surface area contributed by atoms with E-state index in [-0.39, 0.29) is 6.03 Å². The highest BCUT2D eigenvalue weighted by molar-refractivity contribution is 5.75.